The summed E-state index contributed by atoms with van der Waals surface area (Å²) in [5, 5.41) is 9.75. The Labute approximate surface area is 216 Å². The van der Waals surface area contributed by atoms with Gasteiger partial charge in [-0.05, 0) is 36.1 Å². The SMILES string of the molecule is CCCC[C@]1(CC)CS(=O)(=O)c2cc(CNC(=O)CNC(C)C)c(OC)cc2[C@@H](c2ccccc2)N1. The van der Waals surface area contributed by atoms with Gasteiger partial charge >= 0.3 is 0 Å². The number of carbonyl (C=O) groups excluding carboxylic acids is 1. The maximum atomic E-state index is 13.9. The Morgan fingerprint density at radius 2 is 1.92 bits per heavy atom. The quantitative estimate of drug-likeness (QED) is 0.417. The Morgan fingerprint density at radius 1 is 1.19 bits per heavy atom. The van der Waals surface area contributed by atoms with Crippen LogP contribution < -0.4 is 20.7 Å². The topological polar surface area (TPSA) is 96.5 Å². The number of rotatable bonds is 11. The third-order valence-electron chi connectivity index (χ3n) is 6.94. The van der Waals surface area contributed by atoms with Crippen LogP contribution in [-0.2, 0) is 21.2 Å². The second-order valence-electron chi connectivity index (χ2n) is 10.00. The molecule has 198 valence electrons. The molecule has 0 saturated heterocycles. The van der Waals surface area contributed by atoms with E-state index in [-0.39, 0.29) is 36.8 Å². The van der Waals surface area contributed by atoms with Gasteiger partial charge in [-0.3, -0.25) is 10.1 Å². The number of nitrogens with one attached hydrogen (secondary N) is 3. The van der Waals surface area contributed by atoms with Gasteiger partial charge in [0.15, 0.2) is 9.84 Å². The number of hydrogen-bond donors (Lipinski definition) is 3. The number of methoxy groups -OCH3 is 1. The number of sulfone groups is 1. The second-order valence-corrected chi connectivity index (χ2v) is 12.0. The van der Waals surface area contributed by atoms with Crippen LogP contribution in [0.15, 0.2) is 47.4 Å². The Morgan fingerprint density at radius 3 is 2.53 bits per heavy atom. The number of fused-ring (bicyclic) bond motifs is 1. The van der Waals surface area contributed by atoms with Gasteiger partial charge in [-0.15, -0.1) is 0 Å². The highest BCUT2D eigenvalue weighted by Gasteiger charge is 2.42. The molecule has 0 radical (unpaired) electrons. The molecule has 3 N–H and O–H groups in total. The number of benzene rings is 2. The molecule has 1 heterocycles. The minimum atomic E-state index is -3.62. The van der Waals surface area contributed by atoms with E-state index >= 15 is 0 Å². The summed E-state index contributed by atoms with van der Waals surface area (Å²) >= 11 is 0. The van der Waals surface area contributed by atoms with Crippen molar-refractivity contribution in [3.05, 3.63) is 59.2 Å². The van der Waals surface area contributed by atoms with Gasteiger partial charge in [-0.1, -0.05) is 70.9 Å². The van der Waals surface area contributed by atoms with Crippen molar-refractivity contribution in [3.63, 3.8) is 0 Å². The predicted molar refractivity (Wildman–Crippen MR) is 144 cm³/mol. The Kier molecular flexibility index (Phi) is 9.55. The zero-order chi connectivity index (χ0) is 26.3. The Balaban J connectivity index is 2.09. The third kappa shape index (κ3) is 6.66. The lowest BCUT2D eigenvalue weighted by molar-refractivity contribution is -0.120. The molecular formula is C28H41N3O4S. The number of carbonyl (C=O) groups is 1. The van der Waals surface area contributed by atoms with Crippen LogP contribution in [0.2, 0.25) is 0 Å². The molecule has 2 aromatic carbocycles. The second kappa shape index (κ2) is 12.2. The molecule has 3 rings (SSSR count). The highest BCUT2D eigenvalue weighted by Crippen LogP contribution is 2.40. The number of ether oxygens (including phenoxy) is 1. The van der Waals surface area contributed by atoms with Gasteiger partial charge in [0.1, 0.15) is 5.75 Å². The lowest BCUT2D eigenvalue weighted by atomic mass is 9.88. The van der Waals surface area contributed by atoms with Gasteiger partial charge in [-0.2, -0.15) is 0 Å². The average molecular weight is 516 g/mol. The van der Waals surface area contributed by atoms with Gasteiger partial charge in [0.05, 0.1) is 30.3 Å². The van der Waals surface area contributed by atoms with Crippen molar-refractivity contribution >= 4 is 15.7 Å². The maximum absolute atomic E-state index is 13.9. The van der Waals surface area contributed by atoms with Gasteiger partial charge in [0, 0.05) is 23.7 Å². The molecule has 2 atom stereocenters. The maximum Gasteiger partial charge on any atom is 0.234 e. The molecule has 0 saturated carbocycles. The summed E-state index contributed by atoms with van der Waals surface area (Å²) in [4.78, 5) is 12.6. The smallest absolute Gasteiger partial charge is 0.234 e. The van der Waals surface area contributed by atoms with Crippen molar-refractivity contribution in [2.45, 2.75) is 82.4 Å². The van der Waals surface area contributed by atoms with E-state index in [0.717, 1.165) is 24.8 Å². The molecule has 0 fully saturated rings. The molecule has 0 aliphatic carbocycles. The summed E-state index contributed by atoms with van der Waals surface area (Å²) in [6, 6.07) is 13.4. The standard InChI is InChI=1S/C28H41N3O4S/c1-6-8-14-28(7-2)19-36(33,34)25-15-22(17-30-26(32)18-29-20(3)4)24(35-5)16-23(25)27(31-28)21-12-10-9-11-13-21/h9-13,15-16,20,27,29,31H,6-8,14,17-19H2,1-5H3,(H,30,32)/t27-,28-/m1/s1. The van der Waals surface area contributed by atoms with Crippen LogP contribution in [0.4, 0.5) is 0 Å². The number of amides is 1. The van der Waals surface area contributed by atoms with Gasteiger partial charge in [0.2, 0.25) is 5.91 Å². The van der Waals surface area contributed by atoms with E-state index in [1.165, 1.54) is 0 Å². The normalized spacial score (nSPS) is 21.0. The lowest BCUT2D eigenvalue weighted by Gasteiger charge is -2.36. The largest absolute Gasteiger partial charge is 0.496 e. The summed E-state index contributed by atoms with van der Waals surface area (Å²) in [5.74, 6) is 0.432. The molecule has 0 bridgehead atoms. The van der Waals surface area contributed by atoms with E-state index in [1.807, 2.05) is 50.2 Å². The van der Waals surface area contributed by atoms with Crippen molar-refractivity contribution < 1.29 is 17.9 Å². The molecule has 2 aromatic rings. The van der Waals surface area contributed by atoms with Crippen LogP contribution in [0.3, 0.4) is 0 Å². The molecule has 1 aliphatic rings. The van der Waals surface area contributed by atoms with E-state index in [9.17, 15) is 13.2 Å². The molecule has 0 unspecified atom stereocenters. The molecule has 7 nitrogen and oxygen atoms in total. The van der Waals surface area contributed by atoms with E-state index in [4.69, 9.17) is 4.74 Å². The predicted octanol–water partition coefficient (Wildman–Crippen LogP) is 4.11. The fourth-order valence-electron chi connectivity index (χ4n) is 4.81. The monoisotopic (exact) mass is 515 g/mol. The zero-order valence-corrected chi connectivity index (χ0v) is 23.0. The van der Waals surface area contributed by atoms with Crippen molar-refractivity contribution in [3.8, 4) is 5.75 Å². The zero-order valence-electron chi connectivity index (χ0n) is 22.2. The molecule has 36 heavy (non-hydrogen) atoms. The van der Waals surface area contributed by atoms with Crippen LogP contribution in [0.25, 0.3) is 0 Å². The van der Waals surface area contributed by atoms with Crippen LogP contribution in [0.1, 0.15) is 76.1 Å². The third-order valence-corrected chi connectivity index (χ3v) is 8.90. The minimum absolute atomic E-state index is 0.0310. The van der Waals surface area contributed by atoms with Crippen LogP contribution in [0, 0.1) is 0 Å². The molecular weight excluding hydrogens is 474 g/mol. The van der Waals surface area contributed by atoms with Gasteiger partial charge in [0.25, 0.3) is 0 Å². The minimum Gasteiger partial charge on any atom is -0.496 e. The van der Waals surface area contributed by atoms with Crippen molar-refractivity contribution in [2.24, 2.45) is 0 Å². The average Bonchev–Trinajstić information content (AvgIpc) is 2.96. The van der Waals surface area contributed by atoms with E-state index in [0.29, 0.717) is 28.2 Å². The first-order valence-corrected chi connectivity index (χ1v) is 14.6. The van der Waals surface area contributed by atoms with Crippen LogP contribution in [0.5, 0.6) is 5.75 Å². The molecule has 8 heteroatoms. The van der Waals surface area contributed by atoms with E-state index in [2.05, 4.69) is 29.8 Å². The first-order valence-electron chi connectivity index (χ1n) is 12.9. The summed E-state index contributed by atoms with van der Waals surface area (Å²) in [5.41, 5.74) is 1.79. The highest BCUT2D eigenvalue weighted by atomic mass is 32.2. The summed E-state index contributed by atoms with van der Waals surface area (Å²) in [7, 11) is -2.05. The molecule has 1 amide bonds. The molecule has 0 spiro atoms. The number of hydrogen-bond acceptors (Lipinski definition) is 6. The van der Waals surface area contributed by atoms with Crippen molar-refractivity contribution in [1.29, 1.82) is 0 Å². The molecule has 1 aliphatic heterocycles. The summed E-state index contributed by atoms with van der Waals surface area (Å²) in [6.45, 7) is 8.51. The van der Waals surface area contributed by atoms with Crippen molar-refractivity contribution in [1.82, 2.24) is 16.0 Å². The van der Waals surface area contributed by atoms with Crippen molar-refractivity contribution in [2.75, 3.05) is 19.4 Å². The van der Waals surface area contributed by atoms with E-state index in [1.54, 1.807) is 13.2 Å². The Bertz CT molecular complexity index is 1130. The van der Waals surface area contributed by atoms with Crippen LogP contribution >= 0.6 is 0 Å². The molecule has 0 aromatic heterocycles. The fraction of sp³-hybridized carbons (Fsp3) is 0.536. The first-order chi connectivity index (χ1) is 17.1. The Hall–Kier alpha value is -2.42. The fourth-order valence-corrected chi connectivity index (χ4v) is 6.98. The first kappa shape index (κ1) is 28.2. The van der Waals surface area contributed by atoms with Gasteiger partial charge < -0.3 is 15.4 Å². The summed E-state index contributed by atoms with van der Waals surface area (Å²) in [6.07, 6.45) is 3.42. The van der Waals surface area contributed by atoms with Crippen LogP contribution in [-0.4, -0.2) is 45.3 Å². The lowest BCUT2D eigenvalue weighted by Crippen LogP contribution is -2.50. The van der Waals surface area contributed by atoms with Gasteiger partial charge in [-0.25, -0.2) is 8.42 Å². The number of unbranched alkanes of at least 4 members (excludes halogenated alkanes) is 1. The summed E-state index contributed by atoms with van der Waals surface area (Å²) < 4.78 is 33.5. The van der Waals surface area contributed by atoms with E-state index < -0.39 is 15.4 Å². The highest BCUT2D eigenvalue weighted by molar-refractivity contribution is 7.91.